The number of hydrogen-bond acceptors (Lipinski definition) is 7. The van der Waals surface area contributed by atoms with E-state index in [9.17, 15) is 4.79 Å². The van der Waals surface area contributed by atoms with Gasteiger partial charge in [0.1, 0.15) is 18.9 Å². The molecule has 0 radical (unpaired) electrons. The fourth-order valence-electron chi connectivity index (χ4n) is 2.49. The van der Waals surface area contributed by atoms with Gasteiger partial charge in [0.2, 0.25) is 5.91 Å². The van der Waals surface area contributed by atoms with Crippen LogP contribution in [0.25, 0.3) is 0 Å². The Balaban J connectivity index is 1.40. The fraction of sp³-hybridized carbons (Fsp3) is 0.500. The van der Waals surface area contributed by atoms with Gasteiger partial charge in [-0.3, -0.25) is 9.69 Å². The molecule has 1 aromatic carbocycles. The quantitative estimate of drug-likeness (QED) is 0.656. The molecule has 9 heteroatoms. The number of tetrazole rings is 1. The van der Waals surface area contributed by atoms with Gasteiger partial charge in [0, 0.05) is 13.1 Å². The van der Waals surface area contributed by atoms with Crippen molar-refractivity contribution in [2.75, 3.05) is 39.5 Å². The van der Waals surface area contributed by atoms with Crippen LogP contribution in [0.3, 0.4) is 0 Å². The molecule has 134 valence electrons. The van der Waals surface area contributed by atoms with Crippen LogP contribution in [0.5, 0.6) is 5.75 Å². The lowest BCUT2D eigenvalue weighted by Gasteiger charge is -2.25. The predicted octanol–water partition coefficient (Wildman–Crippen LogP) is -0.299. The highest BCUT2D eigenvalue weighted by atomic mass is 16.5. The minimum Gasteiger partial charge on any atom is -0.492 e. The second-order valence-corrected chi connectivity index (χ2v) is 5.65. The van der Waals surface area contributed by atoms with Gasteiger partial charge in [-0.25, -0.2) is 4.68 Å². The molecule has 1 fully saturated rings. The zero-order chi connectivity index (χ0) is 17.3. The third-order valence-corrected chi connectivity index (χ3v) is 3.80. The number of nitrogens with zero attached hydrogens (tertiary/aromatic N) is 5. The summed E-state index contributed by atoms with van der Waals surface area (Å²) < 4.78 is 12.4. The van der Waals surface area contributed by atoms with E-state index in [0.29, 0.717) is 38.7 Å². The second-order valence-electron chi connectivity index (χ2n) is 5.65. The van der Waals surface area contributed by atoms with Crippen LogP contribution >= 0.6 is 0 Å². The van der Waals surface area contributed by atoms with Gasteiger partial charge in [0.15, 0.2) is 5.82 Å². The normalized spacial score (nSPS) is 15.0. The lowest BCUT2D eigenvalue weighted by Crippen LogP contribution is -2.37. The van der Waals surface area contributed by atoms with Crippen molar-refractivity contribution in [3.05, 3.63) is 36.2 Å². The Bertz CT molecular complexity index is 657. The van der Waals surface area contributed by atoms with E-state index in [1.54, 1.807) is 0 Å². The number of carbonyl (C=O) groups is 1. The summed E-state index contributed by atoms with van der Waals surface area (Å²) in [5.41, 5.74) is 0. The van der Waals surface area contributed by atoms with Crippen LogP contribution < -0.4 is 10.1 Å². The Morgan fingerprint density at radius 1 is 1.24 bits per heavy atom. The molecular weight excluding hydrogens is 324 g/mol. The lowest BCUT2D eigenvalue weighted by atomic mass is 10.3. The first kappa shape index (κ1) is 17.3. The van der Waals surface area contributed by atoms with Crippen molar-refractivity contribution in [2.45, 2.75) is 13.1 Å². The SMILES string of the molecule is O=C(Cn1nnnc1CN1CCOCC1)NCCOc1ccccc1. The largest absolute Gasteiger partial charge is 0.492 e. The van der Waals surface area contributed by atoms with E-state index in [1.807, 2.05) is 30.3 Å². The number of para-hydroxylation sites is 1. The molecule has 1 aliphatic rings. The Morgan fingerprint density at radius 3 is 2.84 bits per heavy atom. The van der Waals surface area contributed by atoms with Crippen molar-refractivity contribution in [1.82, 2.24) is 30.4 Å². The number of carbonyl (C=O) groups excluding carboxylic acids is 1. The number of aromatic nitrogens is 4. The van der Waals surface area contributed by atoms with Crippen molar-refractivity contribution >= 4 is 5.91 Å². The van der Waals surface area contributed by atoms with Gasteiger partial charge in [-0.2, -0.15) is 0 Å². The molecule has 1 N–H and O–H groups in total. The summed E-state index contributed by atoms with van der Waals surface area (Å²) >= 11 is 0. The van der Waals surface area contributed by atoms with Crippen LogP contribution in [-0.2, 0) is 22.6 Å². The summed E-state index contributed by atoms with van der Waals surface area (Å²) in [4.78, 5) is 14.3. The molecular formula is C16H22N6O3. The highest BCUT2D eigenvalue weighted by Crippen LogP contribution is 2.07. The van der Waals surface area contributed by atoms with E-state index >= 15 is 0 Å². The van der Waals surface area contributed by atoms with Gasteiger partial charge >= 0.3 is 0 Å². The number of morpholine rings is 1. The zero-order valence-corrected chi connectivity index (χ0v) is 14.0. The van der Waals surface area contributed by atoms with Gasteiger partial charge in [-0.15, -0.1) is 5.10 Å². The minimum atomic E-state index is -0.146. The van der Waals surface area contributed by atoms with E-state index in [-0.39, 0.29) is 12.5 Å². The van der Waals surface area contributed by atoms with Crippen LogP contribution in [-0.4, -0.2) is 70.5 Å². The highest BCUT2D eigenvalue weighted by molar-refractivity contribution is 5.75. The number of ether oxygens (including phenoxy) is 2. The first-order valence-electron chi connectivity index (χ1n) is 8.31. The number of benzene rings is 1. The van der Waals surface area contributed by atoms with Gasteiger partial charge in [-0.1, -0.05) is 18.2 Å². The molecule has 0 saturated carbocycles. The van der Waals surface area contributed by atoms with E-state index in [1.165, 1.54) is 4.68 Å². The molecule has 0 atom stereocenters. The van der Waals surface area contributed by atoms with Crippen LogP contribution in [0.2, 0.25) is 0 Å². The average molecular weight is 346 g/mol. The zero-order valence-electron chi connectivity index (χ0n) is 14.0. The third kappa shape index (κ3) is 5.50. The van der Waals surface area contributed by atoms with Gasteiger partial charge in [-0.05, 0) is 22.6 Å². The topological polar surface area (TPSA) is 94.4 Å². The Kier molecular flexibility index (Phi) is 6.29. The maximum absolute atomic E-state index is 12.0. The van der Waals surface area contributed by atoms with E-state index in [2.05, 4.69) is 25.7 Å². The van der Waals surface area contributed by atoms with E-state index in [4.69, 9.17) is 9.47 Å². The van der Waals surface area contributed by atoms with Gasteiger partial charge in [0.05, 0.1) is 26.3 Å². The molecule has 0 bridgehead atoms. The van der Waals surface area contributed by atoms with Gasteiger partial charge in [0.25, 0.3) is 0 Å². The van der Waals surface area contributed by atoms with Crippen LogP contribution in [0.4, 0.5) is 0 Å². The maximum Gasteiger partial charge on any atom is 0.242 e. The number of hydrogen-bond donors (Lipinski definition) is 1. The standard InChI is InChI=1S/C16H22N6O3/c23-16(17-6-9-25-14-4-2-1-3-5-14)13-22-15(18-19-20-22)12-21-7-10-24-11-8-21/h1-5H,6-13H2,(H,17,23). The number of nitrogens with one attached hydrogen (secondary N) is 1. The molecule has 0 aliphatic carbocycles. The van der Waals surface area contributed by atoms with Crippen molar-refractivity contribution in [2.24, 2.45) is 0 Å². The Morgan fingerprint density at radius 2 is 2.04 bits per heavy atom. The van der Waals surface area contributed by atoms with E-state index < -0.39 is 0 Å². The summed E-state index contributed by atoms with van der Waals surface area (Å²) in [5.74, 6) is 1.31. The Hall–Kier alpha value is -2.52. The summed E-state index contributed by atoms with van der Waals surface area (Å²) in [6.45, 7) is 4.65. The van der Waals surface area contributed by atoms with E-state index in [0.717, 1.165) is 18.8 Å². The van der Waals surface area contributed by atoms with Crippen molar-refractivity contribution in [1.29, 1.82) is 0 Å². The summed E-state index contributed by atoms with van der Waals surface area (Å²) in [7, 11) is 0. The monoisotopic (exact) mass is 346 g/mol. The second kappa shape index (κ2) is 9.09. The predicted molar refractivity (Wildman–Crippen MR) is 88.9 cm³/mol. The molecule has 1 aliphatic heterocycles. The lowest BCUT2D eigenvalue weighted by molar-refractivity contribution is -0.122. The van der Waals surface area contributed by atoms with Crippen molar-refractivity contribution in [3.8, 4) is 5.75 Å². The number of amides is 1. The summed E-state index contributed by atoms with van der Waals surface area (Å²) in [5, 5.41) is 14.4. The number of rotatable bonds is 8. The molecule has 1 amide bonds. The molecule has 1 saturated heterocycles. The fourth-order valence-corrected chi connectivity index (χ4v) is 2.49. The first-order valence-corrected chi connectivity index (χ1v) is 8.31. The molecule has 25 heavy (non-hydrogen) atoms. The molecule has 0 unspecified atom stereocenters. The minimum absolute atomic E-state index is 0.0952. The van der Waals surface area contributed by atoms with Crippen LogP contribution in [0.1, 0.15) is 5.82 Å². The molecule has 3 rings (SSSR count). The molecule has 1 aromatic heterocycles. The molecule has 2 aromatic rings. The Labute approximate surface area is 145 Å². The first-order chi connectivity index (χ1) is 12.3. The van der Waals surface area contributed by atoms with Crippen LogP contribution in [0, 0.1) is 0 Å². The molecule has 0 spiro atoms. The summed E-state index contributed by atoms with van der Waals surface area (Å²) in [6.07, 6.45) is 0. The van der Waals surface area contributed by atoms with Crippen molar-refractivity contribution in [3.63, 3.8) is 0 Å². The third-order valence-electron chi connectivity index (χ3n) is 3.80. The molecule has 2 heterocycles. The smallest absolute Gasteiger partial charge is 0.242 e. The average Bonchev–Trinajstić information content (AvgIpc) is 3.07. The highest BCUT2D eigenvalue weighted by Gasteiger charge is 2.16. The van der Waals surface area contributed by atoms with Crippen molar-refractivity contribution < 1.29 is 14.3 Å². The molecule has 9 nitrogen and oxygen atoms in total. The van der Waals surface area contributed by atoms with Gasteiger partial charge < -0.3 is 14.8 Å². The van der Waals surface area contributed by atoms with Crippen LogP contribution in [0.15, 0.2) is 30.3 Å². The summed E-state index contributed by atoms with van der Waals surface area (Å²) in [6, 6.07) is 9.49. The maximum atomic E-state index is 12.0.